The molecule has 0 heterocycles. The molecule has 0 spiro atoms. The summed E-state index contributed by atoms with van der Waals surface area (Å²) in [7, 11) is 0. The summed E-state index contributed by atoms with van der Waals surface area (Å²) in [6.07, 6.45) is 1.16. The Bertz CT molecular complexity index is 559. The van der Waals surface area contributed by atoms with E-state index in [1.54, 1.807) is 0 Å². The Morgan fingerprint density at radius 1 is 1.00 bits per heavy atom. The van der Waals surface area contributed by atoms with Gasteiger partial charge in [0.15, 0.2) is 0 Å². The van der Waals surface area contributed by atoms with Crippen molar-refractivity contribution in [1.82, 2.24) is 0 Å². The molecular formula is C17H17BrO2. The number of rotatable bonds is 5. The number of benzene rings is 2. The molecule has 0 aromatic heterocycles. The van der Waals surface area contributed by atoms with E-state index in [0.29, 0.717) is 13.0 Å². The number of halogens is 1. The van der Waals surface area contributed by atoms with Crippen molar-refractivity contribution in [3.05, 3.63) is 58.6 Å². The number of esters is 1. The quantitative estimate of drug-likeness (QED) is 0.747. The maximum absolute atomic E-state index is 11.3. The zero-order valence-corrected chi connectivity index (χ0v) is 13.0. The number of ether oxygens (including phenoxy) is 1. The minimum Gasteiger partial charge on any atom is -0.466 e. The van der Waals surface area contributed by atoms with Gasteiger partial charge >= 0.3 is 5.97 Å². The van der Waals surface area contributed by atoms with E-state index in [9.17, 15) is 4.79 Å². The van der Waals surface area contributed by atoms with Gasteiger partial charge < -0.3 is 4.74 Å². The maximum Gasteiger partial charge on any atom is 0.306 e. The third-order valence-corrected chi connectivity index (χ3v) is 3.58. The fourth-order valence-electron chi connectivity index (χ4n) is 1.99. The van der Waals surface area contributed by atoms with Gasteiger partial charge in [0, 0.05) is 10.9 Å². The molecule has 104 valence electrons. The van der Waals surface area contributed by atoms with Crippen LogP contribution < -0.4 is 0 Å². The Labute approximate surface area is 127 Å². The first-order valence-electron chi connectivity index (χ1n) is 6.69. The van der Waals surface area contributed by atoms with Crippen LogP contribution in [0.2, 0.25) is 0 Å². The van der Waals surface area contributed by atoms with Crippen LogP contribution in [0, 0.1) is 0 Å². The highest BCUT2D eigenvalue weighted by Crippen LogP contribution is 2.22. The smallest absolute Gasteiger partial charge is 0.306 e. The van der Waals surface area contributed by atoms with Crippen LogP contribution in [0.5, 0.6) is 0 Å². The van der Waals surface area contributed by atoms with Crippen LogP contribution >= 0.6 is 15.9 Å². The molecule has 0 aliphatic rings. The van der Waals surface area contributed by atoms with Crippen LogP contribution in [0.4, 0.5) is 0 Å². The standard InChI is InChI=1S/C17H17BrO2/c1-2-20-17(19)12-5-13-3-6-14(7-4-13)15-8-10-16(18)11-9-15/h3-4,6-11H,2,5,12H2,1H3. The summed E-state index contributed by atoms with van der Waals surface area (Å²) in [5.74, 6) is -0.135. The van der Waals surface area contributed by atoms with Crippen LogP contribution in [0.25, 0.3) is 11.1 Å². The first kappa shape index (κ1) is 14.8. The molecule has 0 aliphatic heterocycles. The van der Waals surface area contributed by atoms with Gasteiger partial charge in [0.25, 0.3) is 0 Å². The van der Waals surface area contributed by atoms with Gasteiger partial charge in [-0.25, -0.2) is 0 Å². The van der Waals surface area contributed by atoms with Gasteiger partial charge in [0.1, 0.15) is 0 Å². The zero-order valence-electron chi connectivity index (χ0n) is 11.4. The van der Waals surface area contributed by atoms with Crippen LogP contribution in [-0.4, -0.2) is 12.6 Å². The highest BCUT2D eigenvalue weighted by Gasteiger charge is 2.03. The number of carbonyl (C=O) groups is 1. The molecule has 0 radical (unpaired) electrons. The molecule has 0 fully saturated rings. The van der Waals surface area contributed by atoms with E-state index in [2.05, 4.69) is 52.3 Å². The lowest BCUT2D eigenvalue weighted by Crippen LogP contribution is -2.05. The van der Waals surface area contributed by atoms with E-state index in [4.69, 9.17) is 4.74 Å². The molecule has 0 saturated carbocycles. The molecule has 20 heavy (non-hydrogen) atoms. The van der Waals surface area contributed by atoms with Gasteiger partial charge in [-0.05, 0) is 42.2 Å². The second-order valence-corrected chi connectivity index (χ2v) is 5.42. The Balaban J connectivity index is 1.99. The maximum atomic E-state index is 11.3. The molecule has 2 aromatic carbocycles. The SMILES string of the molecule is CCOC(=O)CCc1ccc(-c2ccc(Br)cc2)cc1. The van der Waals surface area contributed by atoms with Crippen LogP contribution in [-0.2, 0) is 16.0 Å². The highest BCUT2D eigenvalue weighted by molar-refractivity contribution is 9.10. The van der Waals surface area contributed by atoms with Gasteiger partial charge in [-0.3, -0.25) is 4.79 Å². The molecule has 2 aromatic rings. The number of hydrogen-bond acceptors (Lipinski definition) is 2. The lowest BCUT2D eigenvalue weighted by atomic mass is 10.0. The first-order valence-corrected chi connectivity index (χ1v) is 7.49. The Morgan fingerprint density at radius 3 is 2.10 bits per heavy atom. The molecule has 3 heteroatoms. The number of carbonyl (C=O) groups excluding carboxylic acids is 1. The van der Waals surface area contributed by atoms with Crippen molar-refractivity contribution >= 4 is 21.9 Å². The normalized spacial score (nSPS) is 10.3. The van der Waals surface area contributed by atoms with E-state index in [1.807, 2.05) is 19.1 Å². The molecule has 0 bridgehead atoms. The third-order valence-electron chi connectivity index (χ3n) is 3.05. The molecule has 0 atom stereocenters. The van der Waals surface area contributed by atoms with Crippen molar-refractivity contribution in [3.8, 4) is 11.1 Å². The molecule has 0 aliphatic carbocycles. The van der Waals surface area contributed by atoms with Crippen LogP contribution in [0.15, 0.2) is 53.0 Å². The molecule has 0 saturated heterocycles. The van der Waals surface area contributed by atoms with Gasteiger partial charge in [-0.15, -0.1) is 0 Å². The number of aryl methyl sites for hydroxylation is 1. The highest BCUT2D eigenvalue weighted by atomic mass is 79.9. The molecule has 0 N–H and O–H groups in total. The lowest BCUT2D eigenvalue weighted by Gasteiger charge is -2.05. The van der Waals surface area contributed by atoms with E-state index >= 15 is 0 Å². The van der Waals surface area contributed by atoms with Crippen molar-refractivity contribution in [3.63, 3.8) is 0 Å². The molecule has 2 nitrogen and oxygen atoms in total. The average molecular weight is 333 g/mol. The van der Waals surface area contributed by atoms with E-state index in [1.165, 1.54) is 11.1 Å². The van der Waals surface area contributed by atoms with Gasteiger partial charge in [0.2, 0.25) is 0 Å². The molecule has 0 amide bonds. The fourth-order valence-corrected chi connectivity index (χ4v) is 2.25. The van der Waals surface area contributed by atoms with Crippen molar-refractivity contribution in [2.24, 2.45) is 0 Å². The second kappa shape index (κ2) is 7.25. The molecule has 0 unspecified atom stereocenters. The largest absolute Gasteiger partial charge is 0.466 e. The van der Waals surface area contributed by atoms with E-state index < -0.39 is 0 Å². The minimum atomic E-state index is -0.135. The average Bonchev–Trinajstić information content (AvgIpc) is 2.47. The Hall–Kier alpha value is -1.61. The van der Waals surface area contributed by atoms with Gasteiger partial charge in [-0.1, -0.05) is 52.3 Å². The predicted molar refractivity (Wildman–Crippen MR) is 84.5 cm³/mol. The topological polar surface area (TPSA) is 26.3 Å². The van der Waals surface area contributed by atoms with E-state index in [-0.39, 0.29) is 5.97 Å². The Morgan fingerprint density at radius 2 is 1.55 bits per heavy atom. The van der Waals surface area contributed by atoms with Crippen LogP contribution in [0.3, 0.4) is 0 Å². The van der Waals surface area contributed by atoms with Gasteiger partial charge in [-0.2, -0.15) is 0 Å². The van der Waals surface area contributed by atoms with E-state index in [0.717, 1.165) is 16.5 Å². The van der Waals surface area contributed by atoms with Gasteiger partial charge in [0.05, 0.1) is 6.61 Å². The lowest BCUT2D eigenvalue weighted by molar-refractivity contribution is -0.143. The fraction of sp³-hybridized carbons (Fsp3) is 0.235. The molecule has 2 rings (SSSR count). The van der Waals surface area contributed by atoms with Crippen LogP contribution in [0.1, 0.15) is 18.9 Å². The van der Waals surface area contributed by atoms with Crippen molar-refractivity contribution in [1.29, 1.82) is 0 Å². The van der Waals surface area contributed by atoms with Crippen molar-refractivity contribution in [2.45, 2.75) is 19.8 Å². The van der Waals surface area contributed by atoms with Crippen molar-refractivity contribution in [2.75, 3.05) is 6.61 Å². The zero-order chi connectivity index (χ0) is 14.4. The summed E-state index contributed by atoms with van der Waals surface area (Å²) < 4.78 is 6.00. The summed E-state index contributed by atoms with van der Waals surface area (Å²) in [5.41, 5.74) is 3.52. The second-order valence-electron chi connectivity index (χ2n) is 4.51. The minimum absolute atomic E-state index is 0.135. The summed E-state index contributed by atoms with van der Waals surface area (Å²) in [4.78, 5) is 11.3. The Kier molecular flexibility index (Phi) is 5.36. The summed E-state index contributed by atoms with van der Waals surface area (Å²) >= 11 is 3.43. The van der Waals surface area contributed by atoms with Crippen molar-refractivity contribution < 1.29 is 9.53 Å². The summed E-state index contributed by atoms with van der Waals surface area (Å²) in [6, 6.07) is 16.5. The monoisotopic (exact) mass is 332 g/mol. The number of hydrogen-bond donors (Lipinski definition) is 0. The third kappa shape index (κ3) is 4.20. The molecular weight excluding hydrogens is 316 g/mol. The first-order chi connectivity index (χ1) is 9.69. The predicted octanol–water partition coefficient (Wildman–Crippen LogP) is 4.61. The summed E-state index contributed by atoms with van der Waals surface area (Å²) in [6.45, 7) is 2.27. The summed E-state index contributed by atoms with van der Waals surface area (Å²) in [5, 5.41) is 0.